The quantitative estimate of drug-likeness (QED) is 0.671. The summed E-state index contributed by atoms with van der Waals surface area (Å²) >= 11 is 0. The van der Waals surface area contributed by atoms with Gasteiger partial charge in [-0.3, -0.25) is 0 Å². The number of aromatic nitrogens is 1. The molecule has 0 radical (unpaired) electrons. The van der Waals surface area contributed by atoms with Gasteiger partial charge in [-0.2, -0.15) is 0 Å². The smallest absolute Gasteiger partial charge is 0.213 e. The molecule has 1 aromatic heterocycles. The number of pyridine rings is 1. The minimum Gasteiger partial charge on any atom is -0.481 e. The largest absolute Gasteiger partial charge is 0.481 e. The Balaban J connectivity index is 2.22. The molecule has 0 aliphatic carbocycles. The summed E-state index contributed by atoms with van der Waals surface area (Å²) in [6.07, 6.45) is 7.00. The summed E-state index contributed by atoms with van der Waals surface area (Å²) < 4.78 is 10.6. The Hall–Kier alpha value is -1.35. The lowest BCUT2D eigenvalue weighted by Gasteiger charge is -2.17. The Morgan fingerprint density at radius 1 is 1.57 bits per heavy atom. The highest BCUT2D eigenvalue weighted by atomic mass is 16.5. The molecule has 1 aliphatic rings. The van der Waals surface area contributed by atoms with Gasteiger partial charge in [-0.15, -0.1) is 0 Å². The fraction of sp³-hybridized carbons (Fsp3) is 0.364. The summed E-state index contributed by atoms with van der Waals surface area (Å²) in [7, 11) is 1.61. The Morgan fingerprint density at radius 2 is 2.50 bits per heavy atom. The summed E-state index contributed by atoms with van der Waals surface area (Å²) in [4.78, 5) is 4.05. The van der Waals surface area contributed by atoms with Crippen molar-refractivity contribution < 1.29 is 9.47 Å². The van der Waals surface area contributed by atoms with Crippen LogP contribution in [0.15, 0.2) is 30.5 Å². The fourth-order valence-electron chi connectivity index (χ4n) is 1.46. The molecule has 1 aliphatic heterocycles. The van der Waals surface area contributed by atoms with Crippen LogP contribution in [0, 0.1) is 0 Å². The fourth-order valence-corrected chi connectivity index (χ4v) is 1.46. The third-order valence-corrected chi connectivity index (χ3v) is 2.19. The number of methoxy groups -OCH3 is 1. The molecule has 74 valence electrons. The highest BCUT2D eigenvalue weighted by Gasteiger charge is 2.11. The van der Waals surface area contributed by atoms with Crippen molar-refractivity contribution in [2.24, 2.45) is 0 Å². The molecule has 1 aromatic rings. The Morgan fingerprint density at radius 3 is 3.21 bits per heavy atom. The van der Waals surface area contributed by atoms with Crippen LogP contribution in [-0.2, 0) is 4.74 Å². The third-order valence-electron chi connectivity index (χ3n) is 2.19. The number of ether oxygens (including phenoxy) is 2. The monoisotopic (exact) mass is 191 g/mol. The van der Waals surface area contributed by atoms with E-state index in [-0.39, 0.29) is 6.10 Å². The summed E-state index contributed by atoms with van der Waals surface area (Å²) in [5.41, 5.74) is 1.09. The number of rotatable bonds is 2. The van der Waals surface area contributed by atoms with E-state index < -0.39 is 0 Å². The van der Waals surface area contributed by atoms with Crippen LogP contribution in [-0.4, -0.2) is 18.7 Å². The second kappa shape index (κ2) is 4.24. The zero-order chi connectivity index (χ0) is 9.80. The maximum absolute atomic E-state index is 5.59. The van der Waals surface area contributed by atoms with E-state index in [1.54, 1.807) is 13.3 Å². The van der Waals surface area contributed by atoms with E-state index in [2.05, 4.69) is 17.1 Å². The minimum atomic E-state index is 0.0562. The van der Waals surface area contributed by atoms with E-state index >= 15 is 0 Å². The average molecular weight is 191 g/mol. The molecule has 0 saturated carbocycles. The third kappa shape index (κ3) is 1.93. The Kier molecular flexibility index (Phi) is 2.79. The summed E-state index contributed by atoms with van der Waals surface area (Å²) in [5.74, 6) is 0.630. The molecule has 0 N–H and O–H groups in total. The van der Waals surface area contributed by atoms with Crippen molar-refractivity contribution >= 4 is 0 Å². The molecule has 1 atom stereocenters. The van der Waals surface area contributed by atoms with Gasteiger partial charge in [-0.25, -0.2) is 4.98 Å². The van der Waals surface area contributed by atoms with Gasteiger partial charge in [-0.1, -0.05) is 12.2 Å². The first-order valence-corrected chi connectivity index (χ1v) is 4.68. The van der Waals surface area contributed by atoms with E-state index in [0.717, 1.165) is 18.6 Å². The number of nitrogens with zero attached hydrogens (tertiary/aromatic N) is 1. The molecular formula is C11H13NO2. The lowest BCUT2D eigenvalue weighted by atomic mass is 10.1. The molecule has 2 rings (SSSR count). The maximum atomic E-state index is 5.59. The van der Waals surface area contributed by atoms with Gasteiger partial charge in [0, 0.05) is 12.3 Å². The van der Waals surface area contributed by atoms with Gasteiger partial charge >= 0.3 is 0 Å². The van der Waals surface area contributed by atoms with Crippen molar-refractivity contribution in [3.63, 3.8) is 0 Å². The lowest BCUT2D eigenvalue weighted by Crippen LogP contribution is -2.07. The van der Waals surface area contributed by atoms with Crippen LogP contribution in [0.2, 0.25) is 0 Å². The molecule has 0 spiro atoms. The van der Waals surface area contributed by atoms with E-state index in [9.17, 15) is 0 Å². The molecule has 0 amide bonds. The molecule has 3 nitrogen and oxygen atoms in total. The molecule has 3 heteroatoms. The molecule has 0 fully saturated rings. The van der Waals surface area contributed by atoms with Crippen molar-refractivity contribution in [1.82, 2.24) is 4.98 Å². The molecular weight excluding hydrogens is 178 g/mol. The van der Waals surface area contributed by atoms with E-state index in [0.29, 0.717) is 5.88 Å². The lowest BCUT2D eigenvalue weighted by molar-refractivity contribution is 0.0798. The van der Waals surface area contributed by atoms with E-state index in [1.807, 2.05) is 12.1 Å². The molecule has 0 bridgehead atoms. The Labute approximate surface area is 83.4 Å². The average Bonchev–Trinajstić information content (AvgIpc) is 2.30. The van der Waals surface area contributed by atoms with Crippen LogP contribution >= 0.6 is 0 Å². The van der Waals surface area contributed by atoms with Gasteiger partial charge in [-0.05, 0) is 18.1 Å². The molecule has 2 heterocycles. The summed E-state index contributed by atoms with van der Waals surface area (Å²) in [6.45, 7) is 0.784. The van der Waals surface area contributed by atoms with Crippen molar-refractivity contribution in [3.8, 4) is 5.88 Å². The van der Waals surface area contributed by atoms with Crippen LogP contribution in [0.25, 0.3) is 0 Å². The first-order chi connectivity index (χ1) is 6.90. The van der Waals surface area contributed by atoms with Crippen molar-refractivity contribution in [2.75, 3.05) is 13.7 Å². The predicted octanol–water partition coefficient (Wildman–Crippen LogP) is 2.11. The predicted molar refractivity (Wildman–Crippen MR) is 53.2 cm³/mol. The van der Waals surface area contributed by atoms with Crippen molar-refractivity contribution in [3.05, 3.63) is 36.0 Å². The maximum Gasteiger partial charge on any atom is 0.213 e. The Bertz CT molecular complexity index is 336. The van der Waals surface area contributed by atoms with E-state index in [1.165, 1.54) is 0 Å². The van der Waals surface area contributed by atoms with Gasteiger partial charge in [0.2, 0.25) is 5.88 Å². The van der Waals surface area contributed by atoms with Gasteiger partial charge in [0.1, 0.15) is 6.10 Å². The molecule has 1 unspecified atom stereocenters. The van der Waals surface area contributed by atoms with Crippen molar-refractivity contribution in [1.29, 1.82) is 0 Å². The van der Waals surface area contributed by atoms with Gasteiger partial charge in [0.05, 0.1) is 13.7 Å². The van der Waals surface area contributed by atoms with Crippen LogP contribution in [0.3, 0.4) is 0 Å². The van der Waals surface area contributed by atoms with Gasteiger partial charge < -0.3 is 9.47 Å². The summed E-state index contributed by atoms with van der Waals surface area (Å²) in [6, 6.07) is 3.85. The normalized spacial score (nSPS) is 20.8. The molecule has 14 heavy (non-hydrogen) atoms. The van der Waals surface area contributed by atoms with Gasteiger partial charge in [0.15, 0.2) is 0 Å². The second-order valence-corrected chi connectivity index (χ2v) is 3.14. The molecule has 0 aromatic carbocycles. The van der Waals surface area contributed by atoms with Crippen LogP contribution in [0.1, 0.15) is 18.1 Å². The zero-order valence-electron chi connectivity index (χ0n) is 8.14. The number of hydrogen-bond donors (Lipinski definition) is 0. The highest BCUT2D eigenvalue weighted by Crippen LogP contribution is 2.24. The first-order valence-electron chi connectivity index (χ1n) is 4.68. The zero-order valence-corrected chi connectivity index (χ0v) is 8.14. The van der Waals surface area contributed by atoms with Crippen LogP contribution < -0.4 is 4.74 Å². The highest BCUT2D eigenvalue weighted by molar-refractivity contribution is 5.25. The second-order valence-electron chi connectivity index (χ2n) is 3.14. The van der Waals surface area contributed by atoms with Crippen LogP contribution in [0.4, 0.5) is 0 Å². The molecule has 0 saturated heterocycles. The standard InChI is InChI=1S/C11H13NO2/c1-13-11-8-9(5-6-12-11)10-4-2-3-7-14-10/h2,4-6,8,10H,3,7H2,1H3. The van der Waals surface area contributed by atoms with Crippen molar-refractivity contribution in [2.45, 2.75) is 12.5 Å². The van der Waals surface area contributed by atoms with E-state index in [4.69, 9.17) is 9.47 Å². The van der Waals surface area contributed by atoms with Gasteiger partial charge in [0.25, 0.3) is 0 Å². The van der Waals surface area contributed by atoms with Crippen LogP contribution in [0.5, 0.6) is 5.88 Å². The first kappa shape index (κ1) is 9.21. The SMILES string of the molecule is COc1cc(C2C=CCCO2)ccn1. The number of hydrogen-bond acceptors (Lipinski definition) is 3. The minimum absolute atomic E-state index is 0.0562. The topological polar surface area (TPSA) is 31.4 Å². The summed E-state index contributed by atoms with van der Waals surface area (Å²) in [5, 5.41) is 0.